The molecule has 0 radical (unpaired) electrons. The molecule has 2 atom stereocenters. The van der Waals surface area contributed by atoms with Gasteiger partial charge in [-0.3, -0.25) is 4.79 Å². The fraction of sp³-hybridized carbons (Fsp3) is 0.875. The lowest BCUT2D eigenvalue weighted by Gasteiger charge is -2.11. The van der Waals surface area contributed by atoms with Crippen molar-refractivity contribution in [1.29, 1.82) is 0 Å². The molecule has 1 fully saturated rings. The van der Waals surface area contributed by atoms with Crippen LogP contribution in [0.3, 0.4) is 0 Å². The van der Waals surface area contributed by atoms with Crippen LogP contribution in [0.15, 0.2) is 0 Å². The number of nitrogens with two attached hydrogens (primary N) is 1. The standard InChI is InChI=1S/C8H16N2O2/c1-10-4-6(7(9)5-10)3-8(11)12-2/h6-7H,3-5,9H2,1-2H3/t6-,7+/m0/s1. The molecule has 0 aromatic heterocycles. The Balaban J connectivity index is 2.37. The lowest BCUT2D eigenvalue weighted by Crippen LogP contribution is -2.30. The average Bonchev–Trinajstić information content (AvgIpc) is 2.30. The molecule has 1 rings (SSSR count). The van der Waals surface area contributed by atoms with Crippen molar-refractivity contribution in [3.63, 3.8) is 0 Å². The molecular weight excluding hydrogens is 156 g/mol. The second-order valence-corrected chi connectivity index (χ2v) is 3.43. The predicted octanol–water partition coefficient (Wildman–Crippen LogP) is -0.562. The Hall–Kier alpha value is -0.610. The van der Waals surface area contributed by atoms with Gasteiger partial charge in [0.05, 0.1) is 13.5 Å². The molecule has 1 saturated heterocycles. The number of carbonyl (C=O) groups excluding carboxylic acids is 1. The van der Waals surface area contributed by atoms with Crippen molar-refractivity contribution in [3.05, 3.63) is 0 Å². The summed E-state index contributed by atoms with van der Waals surface area (Å²) in [4.78, 5) is 13.1. The van der Waals surface area contributed by atoms with Crippen LogP contribution in [0.1, 0.15) is 6.42 Å². The van der Waals surface area contributed by atoms with Crippen molar-refractivity contribution >= 4 is 5.97 Å². The lowest BCUT2D eigenvalue weighted by atomic mass is 10.0. The van der Waals surface area contributed by atoms with E-state index in [1.54, 1.807) is 0 Å². The van der Waals surface area contributed by atoms with Gasteiger partial charge in [0.2, 0.25) is 0 Å². The van der Waals surface area contributed by atoms with Crippen molar-refractivity contribution in [2.45, 2.75) is 12.5 Å². The Labute approximate surface area is 72.7 Å². The number of hydrogen-bond acceptors (Lipinski definition) is 4. The molecule has 1 aliphatic rings. The smallest absolute Gasteiger partial charge is 0.305 e. The minimum absolute atomic E-state index is 0.120. The Kier molecular flexibility index (Phi) is 3.05. The number of carbonyl (C=O) groups is 1. The highest BCUT2D eigenvalue weighted by Crippen LogP contribution is 2.17. The summed E-state index contributed by atoms with van der Waals surface area (Å²) in [6, 6.07) is 0.120. The summed E-state index contributed by atoms with van der Waals surface area (Å²) < 4.78 is 4.58. The third-order valence-corrected chi connectivity index (χ3v) is 2.33. The van der Waals surface area contributed by atoms with Gasteiger partial charge in [-0.05, 0) is 13.0 Å². The predicted molar refractivity (Wildman–Crippen MR) is 45.6 cm³/mol. The molecule has 0 aliphatic carbocycles. The monoisotopic (exact) mass is 172 g/mol. The minimum atomic E-state index is -0.161. The molecule has 0 aromatic carbocycles. The van der Waals surface area contributed by atoms with Gasteiger partial charge < -0.3 is 15.4 Å². The fourth-order valence-corrected chi connectivity index (χ4v) is 1.63. The molecule has 0 saturated carbocycles. The van der Waals surface area contributed by atoms with Crippen LogP contribution in [-0.2, 0) is 9.53 Å². The van der Waals surface area contributed by atoms with Gasteiger partial charge in [-0.15, -0.1) is 0 Å². The van der Waals surface area contributed by atoms with E-state index in [9.17, 15) is 4.79 Å². The molecule has 0 unspecified atom stereocenters. The van der Waals surface area contributed by atoms with Crippen molar-refractivity contribution in [1.82, 2.24) is 4.90 Å². The minimum Gasteiger partial charge on any atom is -0.469 e. The second kappa shape index (κ2) is 3.87. The van der Waals surface area contributed by atoms with Crippen LogP contribution >= 0.6 is 0 Å². The van der Waals surface area contributed by atoms with Gasteiger partial charge in [0, 0.05) is 19.1 Å². The number of likely N-dealkylation sites (N-methyl/N-ethyl adjacent to an activating group) is 1. The summed E-state index contributed by atoms with van der Waals surface area (Å²) >= 11 is 0. The van der Waals surface area contributed by atoms with E-state index in [2.05, 4.69) is 9.64 Å². The summed E-state index contributed by atoms with van der Waals surface area (Å²) in [6.07, 6.45) is 0.446. The van der Waals surface area contributed by atoms with Crippen LogP contribution in [-0.4, -0.2) is 44.2 Å². The van der Waals surface area contributed by atoms with E-state index in [-0.39, 0.29) is 17.9 Å². The fourth-order valence-electron chi connectivity index (χ4n) is 1.63. The molecule has 4 nitrogen and oxygen atoms in total. The zero-order chi connectivity index (χ0) is 9.14. The highest BCUT2D eigenvalue weighted by Gasteiger charge is 2.29. The van der Waals surface area contributed by atoms with Gasteiger partial charge in [0.25, 0.3) is 0 Å². The van der Waals surface area contributed by atoms with E-state index < -0.39 is 0 Å². The Morgan fingerprint density at radius 3 is 2.75 bits per heavy atom. The van der Waals surface area contributed by atoms with Crippen molar-refractivity contribution < 1.29 is 9.53 Å². The molecular formula is C8H16N2O2. The number of methoxy groups -OCH3 is 1. The lowest BCUT2D eigenvalue weighted by molar-refractivity contribution is -0.141. The molecule has 0 spiro atoms. The third kappa shape index (κ3) is 2.19. The van der Waals surface area contributed by atoms with E-state index >= 15 is 0 Å². The van der Waals surface area contributed by atoms with Crippen LogP contribution in [0.25, 0.3) is 0 Å². The van der Waals surface area contributed by atoms with E-state index in [0.717, 1.165) is 13.1 Å². The van der Waals surface area contributed by atoms with Crippen molar-refractivity contribution in [2.24, 2.45) is 11.7 Å². The molecule has 0 amide bonds. The highest BCUT2D eigenvalue weighted by atomic mass is 16.5. The topological polar surface area (TPSA) is 55.6 Å². The SMILES string of the molecule is COC(=O)C[C@H]1CN(C)C[C@H]1N. The average molecular weight is 172 g/mol. The molecule has 1 heterocycles. The Bertz CT molecular complexity index is 172. The summed E-state index contributed by atoms with van der Waals surface area (Å²) in [5, 5.41) is 0. The molecule has 70 valence electrons. The first-order valence-electron chi connectivity index (χ1n) is 4.14. The quantitative estimate of drug-likeness (QED) is 0.567. The summed E-state index contributed by atoms with van der Waals surface area (Å²) in [7, 11) is 3.42. The second-order valence-electron chi connectivity index (χ2n) is 3.43. The van der Waals surface area contributed by atoms with Gasteiger partial charge in [-0.2, -0.15) is 0 Å². The van der Waals surface area contributed by atoms with E-state index in [1.165, 1.54) is 7.11 Å². The normalized spacial score (nSPS) is 30.6. The largest absolute Gasteiger partial charge is 0.469 e. The highest BCUT2D eigenvalue weighted by molar-refractivity contribution is 5.69. The first kappa shape index (κ1) is 9.48. The zero-order valence-electron chi connectivity index (χ0n) is 7.62. The number of hydrogen-bond donors (Lipinski definition) is 1. The summed E-state index contributed by atoms with van der Waals surface area (Å²) in [5.41, 5.74) is 5.82. The van der Waals surface area contributed by atoms with Gasteiger partial charge in [-0.25, -0.2) is 0 Å². The van der Waals surface area contributed by atoms with Crippen LogP contribution in [0, 0.1) is 5.92 Å². The van der Waals surface area contributed by atoms with Gasteiger partial charge >= 0.3 is 5.97 Å². The van der Waals surface area contributed by atoms with E-state index in [4.69, 9.17) is 5.73 Å². The number of likely N-dealkylation sites (tertiary alicyclic amines) is 1. The molecule has 4 heteroatoms. The maximum absolute atomic E-state index is 10.9. The van der Waals surface area contributed by atoms with Crippen molar-refractivity contribution in [3.8, 4) is 0 Å². The van der Waals surface area contributed by atoms with Crippen LogP contribution in [0.5, 0.6) is 0 Å². The van der Waals surface area contributed by atoms with Gasteiger partial charge in [0.1, 0.15) is 0 Å². The number of rotatable bonds is 2. The summed E-state index contributed by atoms with van der Waals surface area (Å²) in [6.45, 7) is 1.78. The molecule has 0 bridgehead atoms. The molecule has 12 heavy (non-hydrogen) atoms. The molecule has 2 N–H and O–H groups in total. The van der Waals surface area contributed by atoms with Gasteiger partial charge in [0.15, 0.2) is 0 Å². The third-order valence-electron chi connectivity index (χ3n) is 2.33. The van der Waals surface area contributed by atoms with E-state index in [0.29, 0.717) is 6.42 Å². The molecule has 0 aromatic rings. The Morgan fingerprint density at radius 2 is 2.33 bits per heavy atom. The van der Waals surface area contributed by atoms with Crippen LogP contribution < -0.4 is 5.73 Å². The first-order chi connectivity index (χ1) is 5.63. The van der Waals surface area contributed by atoms with Gasteiger partial charge in [-0.1, -0.05) is 0 Å². The number of nitrogens with zero attached hydrogens (tertiary/aromatic N) is 1. The van der Waals surface area contributed by atoms with Crippen LogP contribution in [0.4, 0.5) is 0 Å². The number of esters is 1. The maximum atomic E-state index is 10.9. The van der Waals surface area contributed by atoms with Crippen LogP contribution in [0.2, 0.25) is 0 Å². The molecule has 1 aliphatic heterocycles. The first-order valence-corrected chi connectivity index (χ1v) is 4.14. The maximum Gasteiger partial charge on any atom is 0.305 e. The summed E-state index contributed by atoms with van der Waals surface area (Å²) in [5.74, 6) is 0.105. The number of ether oxygens (including phenoxy) is 1. The zero-order valence-corrected chi connectivity index (χ0v) is 7.62. The Morgan fingerprint density at radius 1 is 1.67 bits per heavy atom. The van der Waals surface area contributed by atoms with E-state index in [1.807, 2.05) is 7.05 Å². The van der Waals surface area contributed by atoms with Crippen molar-refractivity contribution in [2.75, 3.05) is 27.2 Å².